The second-order valence-corrected chi connectivity index (χ2v) is 5.19. The van der Waals surface area contributed by atoms with Crippen LogP contribution in [0.3, 0.4) is 0 Å². The molecule has 0 spiro atoms. The van der Waals surface area contributed by atoms with Crippen LogP contribution in [-0.4, -0.2) is 29.0 Å². The zero-order valence-corrected chi connectivity index (χ0v) is 11.3. The lowest BCUT2D eigenvalue weighted by molar-refractivity contribution is -0.0470. The molecule has 1 rings (SSSR count). The van der Waals surface area contributed by atoms with Crippen LogP contribution in [-0.2, 0) is 6.42 Å². The number of ether oxygens (including phenoxy) is 1. The van der Waals surface area contributed by atoms with Crippen molar-refractivity contribution in [3.05, 3.63) is 28.2 Å². The minimum atomic E-state index is -1.11. The van der Waals surface area contributed by atoms with E-state index in [1.54, 1.807) is 21.0 Å². The molecule has 0 aliphatic rings. The molecule has 0 aromatic heterocycles. The smallest absolute Gasteiger partial charge is 0.119 e. The van der Waals surface area contributed by atoms with Crippen molar-refractivity contribution >= 4 is 15.9 Å². The van der Waals surface area contributed by atoms with Crippen molar-refractivity contribution in [2.75, 3.05) is 7.11 Å². The van der Waals surface area contributed by atoms with Crippen LogP contribution in [0.25, 0.3) is 0 Å². The van der Waals surface area contributed by atoms with Crippen LogP contribution in [0.2, 0.25) is 0 Å². The van der Waals surface area contributed by atoms with Crippen LogP contribution in [0.5, 0.6) is 5.75 Å². The Morgan fingerprint density at radius 2 is 2.06 bits per heavy atom. The van der Waals surface area contributed by atoms with E-state index in [0.717, 1.165) is 15.8 Å². The van der Waals surface area contributed by atoms with Gasteiger partial charge in [-0.15, -0.1) is 0 Å². The summed E-state index contributed by atoms with van der Waals surface area (Å²) in [7, 11) is 1.60. The van der Waals surface area contributed by atoms with E-state index >= 15 is 0 Å². The highest BCUT2D eigenvalue weighted by atomic mass is 79.9. The molecule has 0 bridgehead atoms. The minimum Gasteiger partial charge on any atom is -0.497 e. The van der Waals surface area contributed by atoms with Gasteiger partial charge in [0.1, 0.15) is 5.75 Å². The van der Waals surface area contributed by atoms with E-state index in [1.807, 2.05) is 18.2 Å². The summed E-state index contributed by atoms with van der Waals surface area (Å²) in [4.78, 5) is 0. The number of aliphatic hydroxyl groups excluding tert-OH is 1. The topological polar surface area (TPSA) is 49.7 Å². The van der Waals surface area contributed by atoms with Gasteiger partial charge in [0.2, 0.25) is 0 Å². The number of halogens is 1. The van der Waals surface area contributed by atoms with Crippen molar-refractivity contribution in [1.82, 2.24) is 0 Å². The summed E-state index contributed by atoms with van der Waals surface area (Å²) < 4.78 is 6.01. The van der Waals surface area contributed by atoms with Gasteiger partial charge in [-0.3, -0.25) is 0 Å². The van der Waals surface area contributed by atoms with Gasteiger partial charge in [0.15, 0.2) is 0 Å². The number of aliphatic hydroxyl groups is 2. The molecule has 1 atom stereocenters. The summed E-state index contributed by atoms with van der Waals surface area (Å²) in [5, 5.41) is 19.5. The zero-order valence-electron chi connectivity index (χ0n) is 9.70. The summed E-state index contributed by atoms with van der Waals surface area (Å²) in [6, 6.07) is 5.55. The van der Waals surface area contributed by atoms with Crippen molar-refractivity contribution in [2.24, 2.45) is 0 Å². The standard InChI is InChI=1S/C12H17BrO3/c1-12(2,15)11(14)7-8-6-9(16-3)4-5-10(8)13/h4-6,11,14-15H,7H2,1-3H3. The van der Waals surface area contributed by atoms with Gasteiger partial charge in [-0.1, -0.05) is 15.9 Å². The molecule has 0 aliphatic carbocycles. The van der Waals surface area contributed by atoms with Crippen LogP contribution < -0.4 is 4.74 Å². The monoisotopic (exact) mass is 288 g/mol. The molecule has 90 valence electrons. The average Bonchev–Trinajstić information content (AvgIpc) is 2.19. The van der Waals surface area contributed by atoms with E-state index in [9.17, 15) is 10.2 Å². The lowest BCUT2D eigenvalue weighted by Crippen LogP contribution is -2.37. The average molecular weight is 289 g/mol. The summed E-state index contributed by atoms with van der Waals surface area (Å²) >= 11 is 3.41. The van der Waals surface area contributed by atoms with Crippen molar-refractivity contribution < 1.29 is 14.9 Å². The fraction of sp³-hybridized carbons (Fsp3) is 0.500. The summed E-state index contributed by atoms with van der Waals surface area (Å²) in [6.07, 6.45) is -0.433. The molecule has 0 heterocycles. The molecule has 16 heavy (non-hydrogen) atoms. The van der Waals surface area contributed by atoms with Gasteiger partial charge in [-0.25, -0.2) is 0 Å². The van der Waals surface area contributed by atoms with Crippen molar-refractivity contribution in [3.63, 3.8) is 0 Å². The normalized spacial score (nSPS) is 13.6. The quantitative estimate of drug-likeness (QED) is 0.892. The second-order valence-electron chi connectivity index (χ2n) is 4.33. The third-order valence-corrected chi connectivity index (χ3v) is 3.26. The SMILES string of the molecule is COc1ccc(Br)c(CC(O)C(C)(C)O)c1. The number of methoxy groups -OCH3 is 1. The lowest BCUT2D eigenvalue weighted by Gasteiger charge is -2.25. The maximum atomic E-state index is 9.82. The second kappa shape index (κ2) is 5.17. The molecule has 0 saturated carbocycles. The summed E-state index contributed by atoms with van der Waals surface area (Å²) in [6.45, 7) is 3.18. The first kappa shape index (κ1) is 13.5. The largest absolute Gasteiger partial charge is 0.497 e. The number of rotatable bonds is 4. The van der Waals surface area contributed by atoms with Crippen LogP contribution in [0.1, 0.15) is 19.4 Å². The molecule has 1 aromatic carbocycles. The highest BCUT2D eigenvalue weighted by Crippen LogP contribution is 2.25. The molecule has 0 radical (unpaired) electrons. The van der Waals surface area contributed by atoms with Gasteiger partial charge in [0.25, 0.3) is 0 Å². The Labute approximate surface area is 104 Å². The Morgan fingerprint density at radius 3 is 2.56 bits per heavy atom. The van der Waals surface area contributed by atoms with Gasteiger partial charge in [-0.2, -0.15) is 0 Å². The fourth-order valence-corrected chi connectivity index (χ4v) is 1.70. The Bertz CT molecular complexity index is 358. The highest BCUT2D eigenvalue weighted by molar-refractivity contribution is 9.10. The predicted molar refractivity (Wildman–Crippen MR) is 66.7 cm³/mol. The molecule has 2 N–H and O–H groups in total. The van der Waals surface area contributed by atoms with Gasteiger partial charge in [-0.05, 0) is 37.6 Å². The van der Waals surface area contributed by atoms with E-state index in [-0.39, 0.29) is 0 Å². The maximum absolute atomic E-state index is 9.82. The highest BCUT2D eigenvalue weighted by Gasteiger charge is 2.25. The molecular formula is C12H17BrO3. The molecule has 0 amide bonds. The van der Waals surface area contributed by atoms with Crippen LogP contribution in [0.4, 0.5) is 0 Å². The number of hydrogen-bond donors (Lipinski definition) is 2. The lowest BCUT2D eigenvalue weighted by atomic mass is 9.95. The third kappa shape index (κ3) is 3.47. The third-order valence-electron chi connectivity index (χ3n) is 2.48. The van der Waals surface area contributed by atoms with Crippen molar-refractivity contribution in [3.8, 4) is 5.75 Å². The minimum absolute atomic E-state index is 0.376. The molecular weight excluding hydrogens is 272 g/mol. The first-order chi connectivity index (χ1) is 7.34. The summed E-state index contributed by atoms with van der Waals surface area (Å²) in [5.41, 5.74) is -0.198. The molecule has 4 heteroatoms. The number of benzene rings is 1. The molecule has 1 aromatic rings. The van der Waals surface area contributed by atoms with Gasteiger partial charge in [0, 0.05) is 10.9 Å². The van der Waals surface area contributed by atoms with E-state index < -0.39 is 11.7 Å². The molecule has 3 nitrogen and oxygen atoms in total. The molecule has 1 unspecified atom stereocenters. The van der Waals surface area contributed by atoms with Crippen LogP contribution in [0, 0.1) is 0 Å². The van der Waals surface area contributed by atoms with Gasteiger partial charge < -0.3 is 14.9 Å². The van der Waals surface area contributed by atoms with E-state index in [1.165, 1.54) is 0 Å². The Hall–Kier alpha value is -0.580. The molecule has 0 fully saturated rings. The van der Waals surface area contributed by atoms with E-state index in [0.29, 0.717) is 6.42 Å². The molecule has 0 aliphatic heterocycles. The molecule has 0 saturated heterocycles. The van der Waals surface area contributed by atoms with Crippen LogP contribution >= 0.6 is 15.9 Å². The maximum Gasteiger partial charge on any atom is 0.119 e. The van der Waals surface area contributed by atoms with Gasteiger partial charge in [0.05, 0.1) is 18.8 Å². The Balaban J connectivity index is 2.88. The zero-order chi connectivity index (χ0) is 12.3. The van der Waals surface area contributed by atoms with E-state index in [4.69, 9.17) is 4.74 Å². The van der Waals surface area contributed by atoms with E-state index in [2.05, 4.69) is 15.9 Å². The van der Waals surface area contributed by atoms with Crippen LogP contribution in [0.15, 0.2) is 22.7 Å². The first-order valence-electron chi connectivity index (χ1n) is 5.07. The number of hydrogen-bond acceptors (Lipinski definition) is 3. The Kier molecular flexibility index (Phi) is 4.35. The summed E-state index contributed by atoms with van der Waals surface area (Å²) in [5.74, 6) is 0.737. The van der Waals surface area contributed by atoms with Crippen molar-refractivity contribution in [1.29, 1.82) is 0 Å². The fourth-order valence-electron chi connectivity index (χ4n) is 1.29. The first-order valence-corrected chi connectivity index (χ1v) is 5.86. The Morgan fingerprint density at radius 1 is 1.44 bits per heavy atom. The van der Waals surface area contributed by atoms with Crippen molar-refractivity contribution in [2.45, 2.75) is 32.0 Å². The predicted octanol–water partition coefficient (Wildman–Crippen LogP) is 2.13. The van der Waals surface area contributed by atoms with Gasteiger partial charge >= 0.3 is 0 Å².